The van der Waals surface area contributed by atoms with Crippen LogP contribution in [0.25, 0.3) is 0 Å². The maximum absolute atomic E-state index is 12.7. The van der Waals surface area contributed by atoms with Gasteiger partial charge in [-0.25, -0.2) is 4.79 Å². The topological polar surface area (TPSA) is 87.7 Å². The number of carbonyl (C=O) groups is 3. The lowest BCUT2D eigenvalue weighted by molar-refractivity contribution is -0.140. The van der Waals surface area contributed by atoms with Crippen molar-refractivity contribution in [1.29, 1.82) is 0 Å². The molecule has 2 N–H and O–H groups in total. The Morgan fingerprint density at radius 3 is 2.29 bits per heavy atom. The van der Waals surface area contributed by atoms with E-state index in [9.17, 15) is 14.4 Å². The minimum atomic E-state index is -0.323. The number of urea groups is 1. The Morgan fingerprint density at radius 1 is 0.857 bits per heavy atom. The van der Waals surface area contributed by atoms with Gasteiger partial charge in [0.2, 0.25) is 5.91 Å². The van der Waals surface area contributed by atoms with Gasteiger partial charge in [0.05, 0.1) is 13.5 Å². The van der Waals surface area contributed by atoms with Gasteiger partial charge in [0, 0.05) is 31.4 Å². The van der Waals surface area contributed by atoms with E-state index >= 15 is 0 Å². The summed E-state index contributed by atoms with van der Waals surface area (Å²) in [6.45, 7) is 2.41. The second-order valence-electron chi connectivity index (χ2n) is 8.41. The van der Waals surface area contributed by atoms with Gasteiger partial charge in [-0.3, -0.25) is 9.59 Å². The van der Waals surface area contributed by atoms with Crippen LogP contribution in [0, 0.1) is 6.92 Å². The number of esters is 1. The molecule has 3 aromatic rings. The fraction of sp³-hybridized carbons (Fsp3) is 0.250. The lowest BCUT2D eigenvalue weighted by Crippen LogP contribution is -2.27. The van der Waals surface area contributed by atoms with Crippen molar-refractivity contribution >= 4 is 29.3 Å². The number of likely N-dealkylation sites (N-methyl/N-ethyl adjacent to an activating group) is 1. The van der Waals surface area contributed by atoms with E-state index in [1.54, 1.807) is 24.1 Å². The molecule has 0 atom stereocenters. The molecule has 3 aromatic carbocycles. The molecule has 0 aliphatic carbocycles. The Morgan fingerprint density at radius 2 is 1.57 bits per heavy atom. The van der Waals surface area contributed by atoms with E-state index < -0.39 is 0 Å². The number of rotatable bonds is 9. The molecule has 0 aliphatic heterocycles. The number of nitrogens with one attached hydrogen (secondary N) is 2. The number of amides is 3. The highest BCUT2D eigenvalue weighted by atomic mass is 16.5. The molecule has 182 valence electrons. The zero-order valence-corrected chi connectivity index (χ0v) is 20.3. The molecule has 0 bridgehead atoms. The lowest BCUT2D eigenvalue weighted by atomic mass is 10.1. The van der Waals surface area contributed by atoms with Crippen molar-refractivity contribution in [1.82, 2.24) is 4.90 Å². The van der Waals surface area contributed by atoms with Crippen LogP contribution in [0.4, 0.5) is 16.2 Å². The quantitative estimate of drug-likeness (QED) is 0.431. The Bertz CT molecular complexity index is 1170. The third kappa shape index (κ3) is 7.99. The average Bonchev–Trinajstić information content (AvgIpc) is 2.85. The minimum Gasteiger partial charge on any atom is -0.469 e. The summed E-state index contributed by atoms with van der Waals surface area (Å²) in [5, 5.41) is 5.64. The molecule has 0 fully saturated rings. The number of nitrogens with zero attached hydrogens (tertiary/aromatic N) is 1. The molecule has 0 spiro atoms. The monoisotopic (exact) mass is 473 g/mol. The number of methoxy groups -OCH3 is 1. The highest BCUT2D eigenvalue weighted by Gasteiger charge is 2.12. The molecule has 7 nitrogen and oxygen atoms in total. The van der Waals surface area contributed by atoms with Crippen LogP contribution >= 0.6 is 0 Å². The van der Waals surface area contributed by atoms with Crippen LogP contribution in [0.3, 0.4) is 0 Å². The SMILES string of the molecule is COC(=O)CCc1cccc(CN(C)C(=O)Cc2ccc(NC(=O)Nc3ccccc3C)cc2)c1. The smallest absolute Gasteiger partial charge is 0.323 e. The van der Waals surface area contributed by atoms with Crippen molar-refractivity contribution in [2.75, 3.05) is 24.8 Å². The predicted octanol–water partition coefficient (Wildman–Crippen LogP) is 4.95. The number of hydrogen-bond acceptors (Lipinski definition) is 4. The van der Waals surface area contributed by atoms with Crippen LogP contribution in [0.15, 0.2) is 72.8 Å². The van der Waals surface area contributed by atoms with E-state index in [1.165, 1.54) is 7.11 Å². The number of ether oxygens (including phenoxy) is 1. The first-order valence-electron chi connectivity index (χ1n) is 11.4. The summed E-state index contributed by atoms with van der Waals surface area (Å²) in [6, 6.07) is 22.3. The Balaban J connectivity index is 1.50. The van der Waals surface area contributed by atoms with Crippen molar-refractivity contribution < 1.29 is 19.1 Å². The van der Waals surface area contributed by atoms with Crippen LogP contribution in [0.1, 0.15) is 28.7 Å². The van der Waals surface area contributed by atoms with Gasteiger partial charge in [0.1, 0.15) is 0 Å². The van der Waals surface area contributed by atoms with Crippen molar-refractivity contribution in [3.8, 4) is 0 Å². The summed E-state index contributed by atoms with van der Waals surface area (Å²) in [7, 11) is 3.15. The predicted molar refractivity (Wildman–Crippen MR) is 137 cm³/mol. The standard InChI is InChI=1S/C28H31N3O4/c1-20-7-4-5-10-25(20)30-28(34)29-24-14-11-22(12-15-24)18-26(32)31(2)19-23-9-6-8-21(17-23)13-16-27(33)35-3/h4-12,14-15,17H,13,16,18-19H2,1-3H3,(H2,29,30,34). The number of carbonyl (C=O) groups excluding carboxylic acids is 3. The fourth-order valence-electron chi connectivity index (χ4n) is 3.61. The molecule has 3 rings (SSSR count). The van der Waals surface area contributed by atoms with Gasteiger partial charge in [-0.1, -0.05) is 54.6 Å². The van der Waals surface area contributed by atoms with Gasteiger partial charge in [-0.15, -0.1) is 0 Å². The average molecular weight is 474 g/mol. The maximum atomic E-state index is 12.7. The second-order valence-corrected chi connectivity index (χ2v) is 8.41. The first-order valence-corrected chi connectivity index (χ1v) is 11.4. The van der Waals surface area contributed by atoms with Crippen LogP contribution in [0.5, 0.6) is 0 Å². The second kappa shape index (κ2) is 12.4. The van der Waals surface area contributed by atoms with E-state index in [-0.39, 0.29) is 24.3 Å². The highest BCUT2D eigenvalue weighted by molar-refractivity contribution is 6.00. The molecule has 35 heavy (non-hydrogen) atoms. The summed E-state index contributed by atoms with van der Waals surface area (Å²) >= 11 is 0. The van der Waals surface area contributed by atoms with Crippen LogP contribution in [0.2, 0.25) is 0 Å². The Kier molecular flexibility index (Phi) is 9.01. The molecule has 0 radical (unpaired) electrons. The molecule has 0 unspecified atom stereocenters. The van der Waals surface area contributed by atoms with Gasteiger partial charge in [-0.2, -0.15) is 0 Å². The molecular weight excluding hydrogens is 442 g/mol. The van der Waals surface area contributed by atoms with Gasteiger partial charge in [0.15, 0.2) is 0 Å². The Labute approximate surface area is 206 Å². The molecular formula is C28H31N3O4. The molecule has 0 saturated heterocycles. The molecule has 0 saturated carbocycles. The van der Waals surface area contributed by atoms with E-state index in [0.717, 1.165) is 27.9 Å². The summed E-state index contributed by atoms with van der Waals surface area (Å²) in [4.78, 5) is 38.1. The van der Waals surface area contributed by atoms with Crippen molar-refractivity contribution in [3.05, 3.63) is 95.1 Å². The van der Waals surface area contributed by atoms with Crippen LogP contribution in [-0.2, 0) is 33.7 Å². The number of aryl methyl sites for hydroxylation is 2. The summed E-state index contributed by atoms with van der Waals surface area (Å²) in [5.41, 5.74) is 5.27. The number of hydrogen-bond donors (Lipinski definition) is 2. The van der Waals surface area contributed by atoms with E-state index in [2.05, 4.69) is 10.6 Å². The summed E-state index contributed by atoms with van der Waals surface area (Å²) < 4.78 is 4.69. The first kappa shape index (κ1) is 25.5. The number of para-hydroxylation sites is 1. The van der Waals surface area contributed by atoms with E-state index in [1.807, 2.05) is 67.6 Å². The number of benzene rings is 3. The van der Waals surface area contributed by atoms with E-state index in [4.69, 9.17) is 4.74 Å². The molecule has 3 amide bonds. The maximum Gasteiger partial charge on any atom is 0.323 e. The van der Waals surface area contributed by atoms with Crippen molar-refractivity contribution in [2.24, 2.45) is 0 Å². The largest absolute Gasteiger partial charge is 0.469 e. The molecule has 0 aliphatic rings. The van der Waals surface area contributed by atoms with Gasteiger partial charge >= 0.3 is 12.0 Å². The van der Waals surface area contributed by atoms with E-state index in [0.29, 0.717) is 25.1 Å². The summed E-state index contributed by atoms with van der Waals surface area (Å²) in [5.74, 6) is -0.251. The summed E-state index contributed by atoms with van der Waals surface area (Å²) in [6.07, 6.45) is 1.18. The molecule has 0 heterocycles. The third-order valence-corrected chi connectivity index (χ3v) is 5.64. The zero-order valence-electron chi connectivity index (χ0n) is 20.3. The van der Waals surface area contributed by atoms with Gasteiger partial charge < -0.3 is 20.3 Å². The Hall–Kier alpha value is -4.13. The van der Waals surface area contributed by atoms with Crippen LogP contribution < -0.4 is 10.6 Å². The zero-order chi connectivity index (χ0) is 25.2. The van der Waals surface area contributed by atoms with Gasteiger partial charge in [0.25, 0.3) is 0 Å². The minimum absolute atomic E-state index is 0.0111. The number of anilines is 2. The van der Waals surface area contributed by atoms with Gasteiger partial charge in [-0.05, 0) is 53.8 Å². The third-order valence-electron chi connectivity index (χ3n) is 5.64. The normalized spacial score (nSPS) is 10.4. The van der Waals surface area contributed by atoms with Crippen LogP contribution in [-0.4, -0.2) is 37.0 Å². The molecule has 0 aromatic heterocycles. The van der Waals surface area contributed by atoms with Crippen molar-refractivity contribution in [3.63, 3.8) is 0 Å². The first-order chi connectivity index (χ1) is 16.8. The lowest BCUT2D eigenvalue weighted by Gasteiger charge is -2.18. The fourth-order valence-corrected chi connectivity index (χ4v) is 3.61. The highest BCUT2D eigenvalue weighted by Crippen LogP contribution is 2.16. The van der Waals surface area contributed by atoms with Crippen molar-refractivity contribution in [2.45, 2.75) is 32.7 Å². The molecule has 7 heteroatoms.